The molecular formula is C16H21F3N2. The van der Waals surface area contributed by atoms with Crippen LogP contribution in [0.1, 0.15) is 37.3 Å². The van der Waals surface area contributed by atoms with Crippen LogP contribution < -0.4 is 5.32 Å². The first-order valence-electron chi connectivity index (χ1n) is 7.66. The topological polar surface area (TPSA) is 15.3 Å². The van der Waals surface area contributed by atoms with E-state index in [0.29, 0.717) is 17.7 Å². The van der Waals surface area contributed by atoms with Gasteiger partial charge in [0.25, 0.3) is 0 Å². The van der Waals surface area contributed by atoms with Crippen LogP contribution in [0.3, 0.4) is 0 Å². The van der Waals surface area contributed by atoms with Gasteiger partial charge in [-0.2, -0.15) is 0 Å². The lowest BCUT2D eigenvalue weighted by molar-refractivity contribution is 0.0815. The summed E-state index contributed by atoms with van der Waals surface area (Å²) in [5.74, 6) is -2.48. The largest absolute Gasteiger partial charge is 0.319 e. The molecule has 2 fully saturated rings. The second-order valence-electron chi connectivity index (χ2n) is 6.16. The van der Waals surface area contributed by atoms with E-state index in [1.54, 1.807) is 0 Å². The summed E-state index contributed by atoms with van der Waals surface area (Å²) in [7, 11) is 1.87. The first-order chi connectivity index (χ1) is 10.1. The summed E-state index contributed by atoms with van der Waals surface area (Å²) in [6, 6.07) is 2.05. The van der Waals surface area contributed by atoms with Gasteiger partial charge in [-0.3, -0.25) is 4.90 Å². The standard InChI is InChI=1S/C16H21F3N2/c1-20-9-10-3-2-6-21(11-4-5-11)16(10)12-7-14(18)15(19)8-13(12)17/h7-8,10-11,16,20H,2-6,9H2,1H3. The number of likely N-dealkylation sites (tertiary alicyclic amines) is 1. The van der Waals surface area contributed by atoms with E-state index in [0.717, 1.165) is 44.8 Å². The van der Waals surface area contributed by atoms with Gasteiger partial charge in [-0.1, -0.05) is 0 Å². The van der Waals surface area contributed by atoms with Gasteiger partial charge in [-0.05, 0) is 57.8 Å². The Hall–Kier alpha value is -1.07. The molecule has 2 nitrogen and oxygen atoms in total. The number of halogens is 3. The minimum absolute atomic E-state index is 0.159. The van der Waals surface area contributed by atoms with Crippen LogP contribution in [0.15, 0.2) is 12.1 Å². The van der Waals surface area contributed by atoms with Gasteiger partial charge in [0, 0.05) is 23.7 Å². The first kappa shape index (κ1) is 14.9. The van der Waals surface area contributed by atoms with Crippen molar-refractivity contribution in [1.29, 1.82) is 0 Å². The number of piperidine rings is 1. The number of nitrogens with zero attached hydrogens (tertiary/aromatic N) is 1. The van der Waals surface area contributed by atoms with E-state index in [-0.39, 0.29) is 12.0 Å². The molecule has 0 bridgehead atoms. The molecule has 5 heteroatoms. The molecule has 1 aromatic rings. The zero-order valence-electron chi connectivity index (χ0n) is 12.2. The molecule has 116 valence electrons. The number of hydrogen-bond acceptors (Lipinski definition) is 2. The molecule has 1 N–H and O–H groups in total. The average molecular weight is 298 g/mol. The van der Waals surface area contributed by atoms with Gasteiger partial charge in [0.2, 0.25) is 0 Å². The van der Waals surface area contributed by atoms with Gasteiger partial charge in [0.15, 0.2) is 11.6 Å². The van der Waals surface area contributed by atoms with Crippen molar-refractivity contribution in [2.75, 3.05) is 20.1 Å². The van der Waals surface area contributed by atoms with Crippen molar-refractivity contribution in [1.82, 2.24) is 10.2 Å². The summed E-state index contributed by atoms with van der Waals surface area (Å²) in [6.45, 7) is 1.67. The summed E-state index contributed by atoms with van der Waals surface area (Å²) < 4.78 is 41.0. The van der Waals surface area contributed by atoms with E-state index in [1.807, 2.05) is 7.05 Å². The van der Waals surface area contributed by atoms with Crippen LogP contribution in [-0.2, 0) is 0 Å². The van der Waals surface area contributed by atoms with Crippen molar-refractivity contribution in [3.8, 4) is 0 Å². The first-order valence-corrected chi connectivity index (χ1v) is 7.66. The minimum Gasteiger partial charge on any atom is -0.319 e. The normalized spacial score (nSPS) is 27.0. The van der Waals surface area contributed by atoms with Crippen molar-refractivity contribution in [3.05, 3.63) is 35.1 Å². The summed E-state index contributed by atoms with van der Waals surface area (Å²) in [6.07, 6.45) is 4.29. The van der Waals surface area contributed by atoms with E-state index < -0.39 is 17.5 Å². The maximum atomic E-state index is 14.2. The Morgan fingerprint density at radius 2 is 1.81 bits per heavy atom. The third-order valence-corrected chi connectivity index (χ3v) is 4.64. The second-order valence-corrected chi connectivity index (χ2v) is 6.16. The fourth-order valence-electron chi connectivity index (χ4n) is 3.59. The highest BCUT2D eigenvalue weighted by atomic mass is 19.2. The van der Waals surface area contributed by atoms with E-state index in [1.165, 1.54) is 0 Å². The molecule has 0 radical (unpaired) electrons. The lowest BCUT2D eigenvalue weighted by Crippen LogP contribution is -2.43. The third-order valence-electron chi connectivity index (χ3n) is 4.64. The molecule has 0 spiro atoms. The molecule has 2 unspecified atom stereocenters. The lowest BCUT2D eigenvalue weighted by atomic mass is 9.84. The monoisotopic (exact) mass is 298 g/mol. The SMILES string of the molecule is CNCC1CCCN(C2CC2)C1c1cc(F)c(F)cc1F. The van der Waals surface area contributed by atoms with E-state index >= 15 is 0 Å². The highest BCUT2D eigenvalue weighted by molar-refractivity contribution is 5.25. The van der Waals surface area contributed by atoms with Crippen LogP contribution in [0, 0.1) is 23.4 Å². The Kier molecular flexibility index (Phi) is 4.22. The van der Waals surface area contributed by atoms with Crippen LogP contribution >= 0.6 is 0 Å². The van der Waals surface area contributed by atoms with Crippen LogP contribution in [0.5, 0.6) is 0 Å². The number of nitrogens with one attached hydrogen (secondary N) is 1. The molecule has 2 aliphatic rings. The Morgan fingerprint density at radius 3 is 2.48 bits per heavy atom. The quantitative estimate of drug-likeness (QED) is 0.859. The van der Waals surface area contributed by atoms with Crippen molar-refractivity contribution >= 4 is 0 Å². The maximum absolute atomic E-state index is 14.2. The molecule has 1 saturated carbocycles. The summed E-state index contributed by atoms with van der Waals surface area (Å²) in [4.78, 5) is 2.29. The molecule has 1 aliphatic heterocycles. The Labute approximate surface area is 123 Å². The minimum atomic E-state index is -1.12. The van der Waals surface area contributed by atoms with Crippen LogP contribution in [-0.4, -0.2) is 31.1 Å². The molecule has 1 heterocycles. The van der Waals surface area contributed by atoms with Crippen molar-refractivity contribution in [2.24, 2.45) is 5.92 Å². The van der Waals surface area contributed by atoms with E-state index in [2.05, 4.69) is 10.2 Å². The smallest absolute Gasteiger partial charge is 0.161 e. The molecule has 1 aliphatic carbocycles. The number of hydrogen-bond donors (Lipinski definition) is 1. The summed E-state index contributed by atoms with van der Waals surface area (Å²) in [5.41, 5.74) is 0.306. The average Bonchev–Trinajstić information content (AvgIpc) is 3.28. The lowest BCUT2D eigenvalue weighted by Gasteiger charge is -2.42. The number of rotatable bonds is 4. The van der Waals surface area contributed by atoms with Gasteiger partial charge in [0.05, 0.1) is 0 Å². The second kappa shape index (κ2) is 5.97. The Bertz CT molecular complexity index is 514. The predicted octanol–water partition coefficient (Wildman–Crippen LogP) is 3.24. The summed E-state index contributed by atoms with van der Waals surface area (Å²) in [5, 5.41) is 3.15. The Balaban J connectivity index is 1.98. The fraction of sp³-hybridized carbons (Fsp3) is 0.625. The summed E-state index contributed by atoms with van der Waals surface area (Å²) >= 11 is 0. The van der Waals surface area contributed by atoms with Gasteiger partial charge < -0.3 is 5.32 Å². The third kappa shape index (κ3) is 2.94. The maximum Gasteiger partial charge on any atom is 0.161 e. The molecule has 0 amide bonds. The Morgan fingerprint density at radius 1 is 1.10 bits per heavy atom. The molecule has 0 aromatic heterocycles. The van der Waals surface area contributed by atoms with Crippen molar-refractivity contribution < 1.29 is 13.2 Å². The number of benzene rings is 1. The van der Waals surface area contributed by atoms with Gasteiger partial charge in [-0.15, -0.1) is 0 Å². The van der Waals surface area contributed by atoms with Gasteiger partial charge in [-0.25, -0.2) is 13.2 Å². The highest BCUT2D eigenvalue weighted by Crippen LogP contribution is 2.43. The van der Waals surface area contributed by atoms with Crippen LogP contribution in [0.4, 0.5) is 13.2 Å². The highest BCUT2D eigenvalue weighted by Gasteiger charge is 2.41. The van der Waals surface area contributed by atoms with Crippen LogP contribution in [0.25, 0.3) is 0 Å². The van der Waals surface area contributed by atoms with E-state index in [9.17, 15) is 13.2 Å². The van der Waals surface area contributed by atoms with Gasteiger partial charge in [0.1, 0.15) is 5.82 Å². The van der Waals surface area contributed by atoms with Gasteiger partial charge >= 0.3 is 0 Å². The zero-order chi connectivity index (χ0) is 15.0. The zero-order valence-corrected chi connectivity index (χ0v) is 12.2. The molecule has 1 saturated heterocycles. The molecule has 21 heavy (non-hydrogen) atoms. The van der Waals surface area contributed by atoms with Crippen molar-refractivity contribution in [2.45, 2.75) is 37.8 Å². The van der Waals surface area contributed by atoms with E-state index in [4.69, 9.17) is 0 Å². The molecule has 2 atom stereocenters. The predicted molar refractivity (Wildman–Crippen MR) is 75.4 cm³/mol. The molecule has 3 rings (SSSR count). The van der Waals surface area contributed by atoms with Crippen LogP contribution in [0.2, 0.25) is 0 Å². The van der Waals surface area contributed by atoms with Crippen molar-refractivity contribution in [3.63, 3.8) is 0 Å². The fourth-order valence-corrected chi connectivity index (χ4v) is 3.59. The molecular weight excluding hydrogens is 277 g/mol. The molecule has 1 aromatic carbocycles.